The van der Waals surface area contributed by atoms with Crippen molar-refractivity contribution in [1.29, 1.82) is 0 Å². The number of benzene rings is 1. The molecule has 26 heavy (non-hydrogen) atoms. The highest BCUT2D eigenvalue weighted by Gasteiger charge is 2.20. The van der Waals surface area contributed by atoms with Crippen molar-refractivity contribution in [3.63, 3.8) is 0 Å². The second-order valence-corrected chi connectivity index (χ2v) is 8.87. The monoisotopic (exact) mass is 380 g/mol. The summed E-state index contributed by atoms with van der Waals surface area (Å²) < 4.78 is 26.9. The molecule has 0 saturated heterocycles. The zero-order valence-electron chi connectivity index (χ0n) is 16.1. The number of hydrogen-bond donors (Lipinski definition) is 3. The van der Waals surface area contributed by atoms with E-state index < -0.39 is 10.0 Å². The number of guanidine groups is 1. The third-order valence-electron chi connectivity index (χ3n) is 4.80. The molecule has 1 saturated carbocycles. The third kappa shape index (κ3) is 6.61. The molecule has 1 atom stereocenters. The van der Waals surface area contributed by atoms with Gasteiger partial charge >= 0.3 is 0 Å². The molecule has 1 aliphatic rings. The van der Waals surface area contributed by atoms with Crippen LogP contribution in [0.5, 0.6) is 0 Å². The largest absolute Gasteiger partial charge is 0.357 e. The van der Waals surface area contributed by atoms with E-state index in [9.17, 15) is 8.42 Å². The van der Waals surface area contributed by atoms with Gasteiger partial charge in [0.05, 0.1) is 18.3 Å². The van der Waals surface area contributed by atoms with Crippen molar-refractivity contribution in [2.24, 2.45) is 10.9 Å². The molecule has 146 valence electrons. The van der Waals surface area contributed by atoms with Gasteiger partial charge < -0.3 is 10.6 Å². The molecule has 0 radical (unpaired) electrons. The van der Waals surface area contributed by atoms with Crippen LogP contribution in [-0.2, 0) is 10.0 Å². The topological polar surface area (TPSA) is 82.6 Å². The molecule has 6 nitrogen and oxygen atoms in total. The molecule has 1 aromatic rings. The van der Waals surface area contributed by atoms with Crippen LogP contribution in [0.15, 0.2) is 29.3 Å². The van der Waals surface area contributed by atoms with Gasteiger partial charge in [-0.15, -0.1) is 0 Å². The molecular formula is C19H32N4O2S. The summed E-state index contributed by atoms with van der Waals surface area (Å²) in [6, 6.07) is 8.29. The van der Waals surface area contributed by atoms with Gasteiger partial charge in [0.1, 0.15) is 0 Å². The van der Waals surface area contributed by atoms with Crippen LogP contribution < -0.4 is 15.4 Å². The summed E-state index contributed by atoms with van der Waals surface area (Å²) in [6.45, 7) is 7.67. The second kappa shape index (κ2) is 9.92. The lowest BCUT2D eigenvalue weighted by molar-refractivity contribution is 0.316. The highest BCUT2D eigenvalue weighted by Crippen LogP contribution is 2.25. The first-order chi connectivity index (χ1) is 12.4. The maximum Gasteiger partial charge on any atom is 0.213 e. The van der Waals surface area contributed by atoms with Gasteiger partial charge in [0, 0.05) is 13.1 Å². The third-order valence-corrected chi connectivity index (χ3v) is 6.13. The zero-order chi connectivity index (χ0) is 19.0. The predicted octanol–water partition coefficient (Wildman–Crippen LogP) is 2.33. The molecule has 0 aromatic heterocycles. The lowest BCUT2D eigenvalue weighted by Gasteiger charge is -2.25. The van der Waals surface area contributed by atoms with Crippen LogP contribution in [0.2, 0.25) is 0 Å². The highest BCUT2D eigenvalue weighted by atomic mass is 32.2. The Morgan fingerprint density at radius 3 is 2.65 bits per heavy atom. The Morgan fingerprint density at radius 2 is 2.04 bits per heavy atom. The number of nitrogens with zero attached hydrogens (tertiary/aromatic N) is 1. The fourth-order valence-electron chi connectivity index (χ4n) is 2.97. The summed E-state index contributed by atoms with van der Waals surface area (Å²) in [4.78, 5) is 4.43. The van der Waals surface area contributed by atoms with E-state index in [1.807, 2.05) is 19.1 Å². The van der Waals surface area contributed by atoms with Crippen molar-refractivity contribution in [3.8, 4) is 0 Å². The Labute approximate surface area is 157 Å². The standard InChI is InChI=1S/C19H32N4O2S/c1-4-20-19(23-16(3)18-11-6-5-8-15(18)2)21-12-13-26(24,25)22-14-17-9-7-10-17/h5-6,8,11,16-17,22H,4,7,9-10,12-14H2,1-3H3,(H2,20,21,23). The zero-order valence-corrected chi connectivity index (χ0v) is 16.9. The van der Waals surface area contributed by atoms with Crippen molar-refractivity contribution in [3.05, 3.63) is 35.4 Å². The first kappa shape index (κ1) is 20.7. The Kier molecular flexibility index (Phi) is 7.90. The quantitative estimate of drug-likeness (QED) is 0.454. The molecule has 1 aliphatic carbocycles. The van der Waals surface area contributed by atoms with Crippen LogP contribution in [0.1, 0.15) is 50.3 Å². The van der Waals surface area contributed by atoms with Crippen molar-refractivity contribution >= 4 is 16.0 Å². The Hall–Kier alpha value is -1.60. The summed E-state index contributed by atoms with van der Waals surface area (Å²) in [6.07, 6.45) is 3.48. The summed E-state index contributed by atoms with van der Waals surface area (Å²) in [7, 11) is -3.26. The van der Waals surface area contributed by atoms with E-state index in [-0.39, 0.29) is 18.3 Å². The smallest absolute Gasteiger partial charge is 0.213 e. The molecule has 1 aromatic carbocycles. The van der Waals surface area contributed by atoms with Gasteiger partial charge in [-0.25, -0.2) is 13.1 Å². The maximum absolute atomic E-state index is 12.1. The van der Waals surface area contributed by atoms with Gasteiger partial charge in [-0.2, -0.15) is 0 Å². The van der Waals surface area contributed by atoms with Gasteiger partial charge in [0.25, 0.3) is 0 Å². The molecule has 3 N–H and O–H groups in total. The van der Waals surface area contributed by atoms with Gasteiger partial charge in [-0.3, -0.25) is 4.99 Å². The minimum absolute atomic E-state index is 0.00897. The van der Waals surface area contributed by atoms with Gasteiger partial charge in [-0.05, 0) is 50.7 Å². The fourth-order valence-corrected chi connectivity index (χ4v) is 3.93. The SMILES string of the molecule is CCNC(=NCCS(=O)(=O)NCC1CCC1)NC(C)c1ccccc1C. The summed E-state index contributed by atoms with van der Waals surface area (Å²) in [5.74, 6) is 1.16. The average Bonchev–Trinajstić information content (AvgIpc) is 2.53. The maximum atomic E-state index is 12.1. The lowest BCUT2D eigenvalue weighted by Crippen LogP contribution is -2.39. The normalized spacial score (nSPS) is 16.8. The van der Waals surface area contributed by atoms with E-state index in [1.165, 1.54) is 17.5 Å². The van der Waals surface area contributed by atoms with Crippen molar-refractivity contribution in [1.82, 2.24) is 15.4 Å². The van der Waals surface area contributed by atoms with Gasteiger partial charge in [0.2, 0.25) is 10.0 Å². The highest BCUT2D eigenvalue weighted by molar-refractivity contribution is 7.89. The van der Waals surface area contributed by atoms with Gasteiger partial charge in [-0.1, -0.05) is 30.7 Å². The van der Waals surface area contributed by atoms with E-state index in [2.05, 4.69) is 46.3 Å². The van der Waals surface area contributed by atoms with Crippen molar-refractivity contribution in [2.45, 2.75) is 46.1 Å². The molecule has 1 fully saturated rings. The Balaban J connectivity index is 1.88. The first-order valence-electron chi connectivity index (χ1n) is 9.49. The lowest BCUT2D eigenvalue weighted by atomic mass is 9.86. The molecule has 0 bridgehead atoms. The molecule has 0 spiro atoms. The van der Waals surface area contributed by atoms with Gasteiger partial charge in [0.15, 0.2) is 5.96 Å². The number of rotatable bonds is 9. The number of sulfonamides is 1. The van der Waals surface area contributed by atoms with Crippen LogP contribution in [0.3, 0.4) is 0 Å². The van der Waals surface area contributed by atoms with E-state index >= 15 is 0 Å². The number of nitrogens with one attached hydrogen (secondary N) is 3. The van der Waals surface area contributed by atoms with E-state index in [1.54, 1.807) is 0 Å². The minimum atomic E-state index is -3.26. The summed E-state index contributed by atoms with van der Waals surface area (Å²) in [5.41, 5.74) is 2.42. The molecule has 2 rings (SSSR count). The van der Waals surface area contributed by atoms with Crippen LogP contribution in [0.4, 0.5) is 0 Å². The second-order valence-electron chi connectivity index (χ2n) is 6.95. The van der Waals surface area contributed by atoms with E-state index in [0.29, 0.717) is 18.4 Å². The minimum Gasteiger partial charge on any atom is -0.357 e. The molecule has 0 amide bonds. The number of aliphatic imine (C=N–C) groups is 1. The average molecular weight is 381 g/mol. The molecule has 1 unspecified atom stereocenters. The molecule has 0 heterocycles. The van der Waals surface area contributed by atoms with E-state index in [0.717, 1.165) is 19.4 Å². The number of aryl methyl sites for hydroxylation is 1. The molecular weight excluding hydrogens is 348 g/mol. The fraction of sp³-hybridized carbons (Fsp3) is 0.632. The van der Waals surface area contributed by atoms with Crippen molar-refractivity contribution < 1.29 is 8.42 Å². The summed E-state index contributed by atoms with van der Waals surface area (Å²) >= 11 is 0. The Morgan fingerprint density at radius 1 is 1.31 bits per heavy atom. The van der Waals surface area contributed by atoms with Crippen molar-refractivity contribution in [2.75, 3.05) is 25.4 Å². The molecule has 7 heteroatoms. The molecule has 0 aliphatic heterocycles. The van der Waals surface area contributed by atoms with Crippen LogP contribution in [0.25, 0.3) is 0 Å². The number of hydrogen-bond acceptors (Lipinski definition) is 3. The Bertz CT molecular complexity index is 699. The van der Waals surface area contributed by atoms with Crippen LogP contribution in [0, 0.1) is 12.8 Å². The van der Waals surface area contributed by atoms with Crippen LogP contribution in [-0.4, -0.2) is 39.8 Å². The first-order valence-corrected chi connectivity index (χ1v) is 11.1. The van der Waals surface area contributed by atoms with Crippen LogP contribution >= 0.6 is 0 Å². The predicted molar refractivity (Wildman–Crippen MR) is 108 cm³/mol. The summed E-state index contributed by atoms with van der Waals surface area (Å²) in [5, 5.41) is 6.53. The van der Waals surface area contributed by atoms with E-state index in [4.69, 9.17) is 0 Å².